The van der Waals surface area contributed by atoms with Crippen molar-refractivity contribution in [3.05, 3.63) is 76.1 Å². The Labute approximate surface area is 163 Å². The highest BCUT2D eigenvalue weighted by molar-refractivity contribution is 5.82. The molecular formula is C22H23N3O3. The van der Waals surface area contributed by atoms with Crippen molar-refractivity contribution in [2.75, 3.05) is 0 Å². The van der Waals surface area contributed by atoms with Gasteiger partial charge in [-0.2, -0.15) is 4.98 Å². The maximum absolute atomic E-state index is 13.4. The number of nitrogens with one attached hydrogen (secondary N) is 1. The zero-order valence-corrected chi connectivity index (χ0v) is 16.0. The summed E-state index contributed by atoms with van der Waals surface area (Å²) < 4.78 is 7.13. The predicted molar refractivity (Wildman–Crippen MR) is 107 cm³/mol. The standard InChI is InChI=1S/C22H23N3O3/c1-3-14(2)18-19-24-21-16(11-7-8-12-28-21)22(27)25(19)17(20(26)23-18)13-15-9-5-4-6-10-15/h4-12,14,17-18H,3,13H2,1-2H3,(H,23,26)/t14-,17+,18-/m0/s1. The number of aromatic nitrogens is 2. The smallest absolute Gasteiger partial charge is 0.265 e. The summed E-state index contributed by atoms with van der Waals surface area (Å²) >= 11 is 0. The van der Waals surface area contributed by atoms with Crippen molar-refractivity contribution in [1.29, 1.82) is 0 Å². The first-order valence-corrected chi connectivity index (χ1v) is 9.60. The van der Waals surface area contributed by atoms with Crippen molar-refractivity contribution in [1.82, 2.24) is 14.9 Å². The van der Waals surface area contributed by atoms with Crippen LogP contribution in [0, 0.1) is 5.92 Å². The van der Waals surface area contributed by atoms with E-state index in [2.05, 4.69) is 17.2 Å². The summed E-state index contributed by atoms with van der Waals surface area (Å²) in [7, 11) is 0. The number of hydrogen-bond donors (Lipinski definition) is 1. The predicted octanol–water partition coefficient (Wildman–Crippen LogP) is 3.16. The second-order valence-electron chi connectivity index (χ2n) is 7.25. The maximum Gasteiger partial charge on any atom is 0.265 e. The van der Waals surface area contributed by atoms with Crippen LogP contribution in [0.1, 0.15) is 49.3 Å². The van der Waals surface area contributed by atoms with E-state index in [0.29, 0.717) is 17.8 Å². The average molecular weight is 377 g/mol. The Hall–Kier alpha value is -3.15. The van der Waals surface area contributed by atoms with E-state index in [1.165, 1.54) is 6.26 Å². The molecule has 0 unspecified atom stereocenters. The third-order valence-electron chi connectivity index (χ3n) is 5.45. The third-order valence-corrected chi connectivity index (χ3v) is 5.45. The van der Waals surface area contributed by atoms with Gasteiger partial charge < -0.3 is 10.1 Å². The number of nitrogens with zero attached hydrogens (tertiary/aromatic N) is 2. The first kappa shape index (κ1) is 18.2. The maximum atomic E-state index is 13.4. The summed E-state index contributed by atoms with van der Waals surface area (Å²) in [6, 6.07) is 8.74. The Bertz CT molecular complexity index is 1010. The van der Waals surface area contributed by atoms with Gasteiger partial charge in [-0.25, -0.2) is 0 Å². The van der Waals surface area contributed by atoms with Crippen LogP contribution in [-0.4, -0.2) is 15.5 Å². The van der Waals surface area contributed by atoms with Crippen molar-refractivity contribution in [3.63, 3.8) is 0 Å². The highest BCUT2D eigenvalue weighted by atomic mass is 16.5. The van der Waals surface area contributed by atoms with E-state index in [-0.39, 0.29) is 29.3 Å². The van der Waals surface area contributed by atoms with E-state index in [9.17, 15) is 9.59 Å². The fraction of sp³-hybridized carbons (Fsp3) is 0.318. The van der Waals surface area contributed by atoms with Crippen LogP contribution in [0.3, 0.4) is 0 Å². The molecule has 1 N–H and O–H groups in total. The molecule has 0 bridgehead atoms. The van der Waals surface area contributed by atoms with Gasteiger partial charge in [-0.05, 0) is 23.6 Å². The summed E-state index contributed by atoms with van der Waals surface area (Å²) in [5.74, 6) is 0.823. The Morgan fingerprint density at radius 1 is 1.21 bits per heavy atom. The summed E-state index contributed by atoms with van der Waals surface area (Å²) in [4.78, 5) is 31.1. The lowest BCUT2D eigenvalue weighted by atomic mass is 9.93. The zero-order chi connectivity index (χ0) is 19.7. The number of allylic oxidation sites excluding steroid dienone is 2. The number of carbonyl (C=O) groups is 1. The van der Waals surface area contributed by atoms with Crippen molar-refractivity contribution >= 4 is 12.0 Å². The van der Waals surface area contributed by atoms with Gasteiger partial charge in [0.05, 0.1) is 12.3 Å². The SMILES string of the molecule is CC[C@H](C)[C@@H]1NC(=O)[C@@H](Cc2ccccc2)n2c1nc1c(c2=O)C=CC=CO1. The summed E-state index contributed by atoms with van der Waals surface area (Å²) in [5, 5.41) is 3.09. The second-order valence-corrected chi connectivity index (χ2v) is 7.25. The zero-order valence-electron chi connectivity index (χ0n) is 16.0. The molecule has 0 saturated heterocycles. The molecule has 144 valence electrons. The van der Waals surface area contributed by atoms with E-state index in [4.69, 9.17) is 4.74 Å². The molecule has 3 atom stereocenters. The number of amides is 1. The molecule has 1 amide bonds. The fourth-order valence-corrected chi connectivity index (χ4v) is 3.68. The molecule has 0 spiro atoms. The summed E-state index contributed by atoms with van der Waals surface area (Å²) in [5.41, 5.74) is 1.11. The topological polar surface area (TPSA) is 73.2 Å². The lowest BCUT2D eigenvalue weighted by molar-refractivity contribution is -0.127. The summed E-state index contributed by atoms with van der Waals surface area (Å²) in [6.07, 6.45) is 7.92. The van der Waals surface area contributed by atoms with Gasteiger partial charge in [-0.15, -0.1) is 0 Å². The third kappa shape index (κ3) is 3.15. The van der Waals surface area contributed by atoms with Gasteiger partial charge in [0.1, 0.15) is 17.4 Å². The normalized spacial score (nSPS) is 21.1. The second kappa shape index (κ2) is 7.46. The number of hydrogen-bond acceptors (Lipinski definition) is 4. The number of ether oxygens (including phenoxy) is 1. The van der Waals surface area contributed by atoms with Gasteiger partial charge >= 0.3 is 0 Å². The van der Waals surface area contributed by atoms with Crippen molar-refractivity contribution in [2.45, 2.75) is 38.8 Å². The monoisotopic (exact) mass is 377 g/mol. The Morgan fingerprint density at radius 2 is 2.00 bits per heavy atom. The van der Waals surface area contributed by atoms with Crippen LogP contribution >= 0.6 is 0 Å². The van der Waals surface area contributed by atoms with Crippen LogP contribution in [0.5, 0.6) is 5.88 Å². The molecule has 1 aromatic heterocycles. The van der Waals surface area contributed by atoms with Crippen LogP contribution in [0.15, 0.2) is 53.5 Å². The van der Waals surface area contributed by atoms with Crippen LogP contribution in [-0.2, 0) is 11.2 Å². The quantitative estimate of drug-likeness (QED) is 0.888. The number of carbonyl (C=O) groups excluding carboxylic acids is 1. The van der Waals surface area contributed by atoms with Gasteiger partial charge in [0.25, 0.3) is 5.56 Å². The number of rotatable bonds is 4. The van der Waals surface area contributed by atoms with E-state index >= 15 is 0 Å². The van der Waals surface area contributed by atoms with E-state index < -0.39 is 6.04 Å². The molecule has 4 rings (SSSR count). The molecular weight excluding hydrogens is 354 g/mol. The molecule has 0 aliphatic carbocycles. The number of fused-ring (bicyclic) bond motifs is 2. The van der Waals surface area contributed by atoms with Crippen molar-refractivity contribution in [2.24, 2.45) is 5.92 Å². The Morgan fingerprint density at radius 3 is 2.75 bits per heavy atom. The minimum Gasteiger partial charge on any atom is -0.446 e. The van der Waals surface area contributed by atoms with E-state index in [1.807, 2.05) is 37.3 Å². The largest absolute Gasteiger partial charge is 0.446 e. The first-order valence-electron chi connectivity index (χ1n) is 9.60. The van der Waals surface area contributed by atoms with Crippen LogP contribution in [0.25, 0.3) is 6.08 Å². The molecule has 1 aromatic carbocycles. The highest BCUT2D eigenvalue weighted by Crippen LogP contribution is 2.32. The van der Waals surface area contributed by atoms with Gasteiger partial charge in [-0.1, -0.05) is 56.7 Å². The molecule has 2 aromatic rings. The lowest BCUT2D eigenvalue weighted by Gasteiger charge is -2.35. The molecule has 3 heterocycles. The molecule has 2 aliphatic rings. The molecule has 6 heteroatoms. The molecule has 0 saturated carbocycles. The Balaban J connectivity index is 1.89. The lowest BCUT2D eigenvalue weighted by Crippen LogP contribution is -2.50. The van der Waals surface area contributed by atoms with Crippen molar-refractivity contribution < 1.29 is 9.53 Å². The molecule has 2 aliphatic heterocycles. The Kier molecular flexibility index (Phi) is 4.86. The van der Waals surface area contributed by atoms with Gasteiger partial charge in [-0.3, -0.25) is 14.2 Å². The highest BCUT2D eigenvalue weighted by Gasteiger charge is 2.38. The van der Waals surface area contributed by atoms with Crippen LogP contribution < -0.4 is 15.6 Å². The average Bonchev–Trinajstić information content (AvgIpc) is 2.96. The molecule has 0 radical (unpaired) electrons. The van der Waals surface area contributed by atoms with E-state index in [0.717, 1.165) is 12.0 Å². The number of benzene rings is 1. The first-order chi connectivity index (χ1) is 13.6. The van der Waals surface area contributed by atoms with E-state index in [1.54, 1.807) is 22.8 Å². The summed E-state index contributed by atoms with van der Waals surface area (Å²) in [6.45, 7) is 4.10. The minimum absolute atomic E-state index is 0.134. The fourth-order valence-electron chi connectivity index (χ4n) is 3.68. The van der Waals surface area contributed by atoms with Crippen molar-refractivity contribution in [3.8, 4) is 5.88 Å². The molecule has 28 heavy (non-hydrogen) atoms. The minimum atomic E-state index is -0.646. The van der Waals surface area contributed by atoms with Crippen LogP contribution in [0.2, 0.25) is 0 Å². The van der Waals surface area contributed by atoms with Gasteiger partial charge in [0.15, 0.2) is 0 Å². The molecule has 6 nitrogen and oxygen atoms in total. The van der Waals surface area contributed by atoms with Crippen LogP contribution in [0.4, 0.5) is 0 Å². The van der Waals surface area contributed by atoms with Gasteiger partial charge in [0.2, 0.25) is 11.8 Å². The molecule has 0 fully saturated rings. The van der Waals surface area contributed by atoms with Gasteiger partial charge in [0, 0.05) is 6.42 Å².